The molecule has 2 aliphatic carbocycles. The molecular weight excluding hydrogens is 868 g/mol. The van der Waals surface area contributed by atoms with Gasteiger partial charge in [-0.2, -0.15) is 36.3 Å². The predicted molar refractivity (Wildman–Crippen MR) is 214 cm³/mol. The van der Waals surface area contributed by atoms with Gasteiger partial charge in [0.15, 0.2) is 6.61 Å². The van der Waals surface area contributed by atoms with Crippen LogP contribution >= 0.6 is 0 Å². The number of hydrogen-bond donors (Lipinski definition) is 6. The number of anilines is 4. The van der Waals surface area contributed by atoms with Crippen LogP contribution in [0.25, 0.3) is 0 Å². The molecule has 6 N–H and O–H groups in total. The van der Waals surface area contributed by atoms with E-state index < -0.39 is 88.4 Å². The lowest BCUT2D eigenvalue weighted by Gasteiger charge is -2.52. The van der Waals surface area contributed by atoms with Crippen molar-refractivity contribution in [2.75, 3.05) is 27.9 Å². The predicted octanol–water partition coefficient (Wildman–Crippen LogP) is 7.71. The van der Waals surface area contributed by atoms with E-state index in [0.29, 0.717) is 38.6 Å². The van der Waals surface area contributed by atoms with Gasteiger partial charge in [-0.15, -0.1) is 0 Å². The summed E-state index contributed by atoms with van der Waals surface area (Å²) in [6.07, 6.45) is -4.57. The number of halogens is 9. The van der Waals surface area contributed by atoms with Gasteiger partial charge in [-0.1, -0.05) is 20.8 Å². The molecule has 3 unspecified atom stereocenters. The summed E-state index contributed by atoms with van der Waals surface area (Å²) in [4.78, 5) is 31.6. The average Bonchev–Trinajstić information content (AvgIpc) is 3.21. The second-order valence-corrected chi connectivity index (χ2v) is 17.5. The first-order valence-electron chi connectivity index (χ1n) is 20.3. The van der Waals surface area contributed by atoms with Gasteiger partial charge in [0.2, 0.25) is 17.8 Å². The van der Waals surface area contributed by atoms with Gasteiger partial charge in [0.05, 0.1) is 23.5 Å². The van der Waals surface area contributed by atoms with Crippen LogP contribution in [-0.2, 0) is 31.1 Å². The van der Waals surface area contributed by atoms with Gasteiger partial charge in [0.1, 0.15) is 41.1 Å². The van der Waals surface area contributed by atoms with Gasteiger partial charge in [-0.25, -0.2) is 43.1 Å². The first-order valence-corrected chi connectivity index (χ1v) is 20.3. The number of hydrogen-bond acceptors (Lipinski definition) is 15. The summed E-state index contributed by atoms with van der Waals surface area (Å²) in [6, 6.07) is -1.25. The van der Waals surface area contributed by atoms with E-state index >= 15 is 4.39 Å². The standard InChI is InChI=1S/C40H49F9N12O3/c1-35(2)11-23(6-7-27(35)62)58-30-24(39(44,45)46)16-54-33(60-30)52-14-21-12-50-19-56-29(21)37(4,41)9-8-36(3)26(10-28(36)63)59-31-25(40(47,48)49)17-55-34(61-31)53-15-22-13-51-20-57-32(22)64-18-38(5,42)43/h12-13,16-17,19-20,23,26-28,62-63H,6-11,14-15,18H2,1-5H3,(H2,52,54,58,60)(H2,53,55,59,61)/t23-,26?,27+,28+,36?,37?/m1/s1. The van der Waals surface area contributed by atoms with Crippen molar-refractivity contribution in [1.29, 1.82) is 0 Å². The zero-order valence-corrected chi connectivity index (χ0v) is 35.4. The van der Waals surface area contributed by atoms with Crippen LogP contribution in [-0.4, -0.2) is 86.9 Å². The molecule has 4 heterocycles. The average molecular weight is 917 g/mol. The van der Waals surface area contributed by atoms with Gasteiger partial charge < -0.3 is 36.2 Å². The lowest BCUT2D eigenvalue weighted by Crippen LogP contribution is -2.59. The third-order valence-corrected chi connectivity index (χ3v) is 11.8. The molecule has 2 fully saturated rings. The summed E-state index contributed by atoms with van der Waals surface area (Å²) in [5.41, 5.74) is -5.93. The van der Waals surface area contributed by atoms with Crippen LogP contribution in [0.1, 0.15) is 101 Å². The molecule has 0 saturated heterocycles. The highest BCUT2D eigenvalue weighted by atomic mass is 19.4. The van der Waals surface area contributed by atoms with Crippen molar-refractivity contribution in [3.63, 3.8) is 0 Å². The number of nitrogens with zero attached hydrogens (tertiary/aromatic N) is 8. The second-order valence-electron chi connectivity index (χ2n) is 17.5. The lowest BCUT2D eigenvalue weighted by atomic mass is 9.60. The highest BCUT2D eigenvalue weighted by Crippen LogP contribution is 2.50. The molecular formula is C40H49F9N12O3. The smallest absolute Gasteiger partial charge is 0.421 e. The minimum absolute atomic E-state index is 0.0131. The van der Waals surface area contributed by atoms with Crippen molar-refractivity contribution in [2.45, 2.75) is 134 Å². The first-order chi connectivity index (χ1) is 29.7. The second kappa shape index (κ2) is 18.2. The summed E-state index contributed by atoms with van der Waals surface area (Å²) in [7, 11) is 0. The van der Waals surface area contributed by atoms with Crippen molar-refractivity contribution in [3.8, 4) is 5.88 Å². The van der Waals surface area contributed by atoms with E-state index in [4.69, 9.17) is 4.74 Å². The van der Waals surface area contributed by atoms with Gasteiger partial charge in [-0.3, -0.25) is 0 Å². The van der Waals surface area contributed by atoms with Crippen molar-refractivity contribution in [2.24, 2.45) is 10.8 Å². The molecule has 2 aliphatic rings. The molecule has 2 saturated carbocycles. The summed E-state index contributed by atoms with van der Waals surface area (Å²) in [6.45, 7) is 5.73. The minimum atomic E-state index is -4.91. The molecule has 64 heavy (non-hydrogen) atoms. The van der Waals surface area contributed by atoms with E-state index in [1.165, 1.54) is 19.3 Å². The molecule has 15 nitrogen and oxygen atoms in total. The van der Waals surface area contributed by atoms with Gasteiger partial charge in [-0.05, 0) is 50.9 Å². The number of rotatable bonds is 17. The Kier molecular flexibility index (Phi) is 13.7. The molecule has 6 atom stereocenters. The molecule has 4 aromatic rings. The Balaban J connectivity index is 1.14. The normalized spacial score (nSPS) is 23.4. The van der Waals surface area contributed by atoms with Crippen LogP contribution in [0.3, 0.4) is 0 Å². The molecule has 0 aliphatic heterocycles. The van der Waals surface area contributed by atoms with Crippen LogP contribution < -0.4 is 26.0 Å². The van der Waals surface area contributed by atoms with Gasteiger partial charge in [0, 0.05) is 67.9 Å². The molecule has 6 rings (SSSR count). The molecule has 0 bridgehead atoms. The van der Waals surface area contributed by atoms with Crippen LogP contribution in [0.2, 0.25) is 0 Å². The third kappa shape index (κ3) is 11.5. The molecule has 4 aromatic heterocycles. The van der Waals surface area contributed by atoms with Crippen LogP contribution in [0.15, 0.2) is 37.4 Å². The van der Waals surface area contributed by atoms with E-state index in [1.54, 1.807) is 6.92 Å². The Bertz CT molecular complexity index is 2250. The molecule has 0 amide bonds. The molecule has 0 spiro atoms. The van der Waals surface area contributed by atoms with Crippen LogP contribution in [0, 0.1) is 10.8 Å². The molecule has 0 radical (unpaired) electrons. The lowest BCUT2D eigenvalue weighted by molar-refractivity contribution is -0.138. The molecule has 350 valence electrons. The maximum atomic E-state index is 16.8. The number of alkyl halides is 9. The Morgan fingerprint density at radius 1 is 0.719 bits per heavy atom. The van der Waals surface area contributed by atoms with Crippen LogP contribution in [0.5, 0.6) is 5.88 Å². The fourth-order valence-corrected chi connectivity index (χ4v) is 7.79. The summed E-state index contributed by atoms with van der Waals surface area (Å²) in [5.74, 6) is -4.92. The van der Waals surface area contributed by atoms with Crippen LogP contribution in [0.4, 0.5) is 63.0 Å². The number of aliphatic hydroxyl groups is 2. The summed E-state index contributed by atoms with van der Waals surface area (Å²) in [5, 5.41) is 32.5. The number of aliphatic hydroxyl groups excluding tert-OH is 2. The molecule has 0 aromatic carbocycles. The summed E-state index contributed by atoms with van der Waals surface area (Å²) >= 11 is 0. The fourth-order valence-electron chi connectivity index (χ4n) is 7.79. The first kappa shape index (κ1) is 48.1. The third-order valence-electron chi connectivity index (χ3n) is 11.8. The SMILES string of the molecule is CC(F)(F)COc1ncncc1CNc1ncc(C(F)(F)F)c(NC2C[C@H](O)C2(C)CCC(C)(F)c2ncncc2CNc2ncc(C(F)(F)F)c(N[C@@H]3CC[C@H](O)C(C)(C)C3)n2)n1. The topological polar surface area (TPSA) is 201 Å². The van der Waals surface area contributed by atoms with Gasteiger partial charge in [0.25, 0.3) is 5.92 Å². The Morgan fingerprint density at radius 3 is 1.84 bits per heavy atom. The van der Waals surface area contributed by atoms with Crippen molar-refractivity contribution >= 4 is 23.5 Å². The maximum absolute atomic E-state index is 16.8. The number of nitrogens with one attached hydrogen (secondary N) is 4. The summed E-state index contributed by atoms with van der Waals surface area (Å²) < 4.78 is 133. The minimum Gasteiger partial charge on any atom is -0.471 e. The Labute approximate surface area is 361 Å². The van der Waals surface area contributed by atoms with Gasteiger partial charge >= 0.3 is 12.4 Å². The maximum Gasteiger partial charge on any atom is 0.421 e. The van der Waals surface area contributed by atoms with E-state index in [-0.39, 0.29) is 66.9 Å². The zero-order valence-electron chi connectivity index (χ0n) is 35.4. The monoisotopic (exact) mass is 916 g/mol. The fraction of sp³-hybridized carbons (Fsp3) is 0.600. The van der Waals surface area contributed by atoms with Crippen molar-refractivity contribution in [3.05, 3.63) is 65.4 Å². The quantitative estimate of drug-likeness (QED) is 0.0562. The van der Waals surface area contributed by atoms with E-state index in [0.717, 1.165) is 12.7 Å². The van der Waals surface area contributed by atoms with E-state index in [2.05, 4.69) is 61.1 Å². The zero-order chi connectivity index (χ0) is 46.9. The Hall–Kier alpha value is -5.39. The van der Waals surface area contributed by atoms with E-state index in [9.17, 15) is 45.3 Å². The number of aromatic nitrogens is 8. The largest absolute Gasteiger partial charge is 0.471 e. The van der Waals surface area contributed by atoms with Crippen molar-refractivity contribution in [1.82, 2.24) is 39.9 Å². The Morgan fingerprint density at radius 2 is 1.28 bits per heavy atom. The van der Waals surface area contributed by atoms with Crippen molar-refractivity contribution < 1.29 is 54.5 Å². The highest BCUT2D eigenvalue weighted by Gasteiger charge is 2.53. The number of ether oxygens (including phenoxy) is 1. The highest BCUT2D eigenvalue weighted by molar-refractivity contribution is 5.51. The molecule has 24 heteroatoms. The van der Waals surface area contributed by atoms with E-state index in [1.807, 2.05) is 13.8 Å².